The second-order valence-corrected chi connectivity index (χ2v) is 4.23. The normalized spacial score (nSPS) is 10.2. The standard InChI is InChI=1S/C13H17NO2/c1-10(2)8-12(15)9-13(16)14-11-6-4-3-5-7-11/h3-7,10H,8-9H2,1-2H3,(H,14,16). The lowest BCUT2D eigenvalue weighted by Crippen LogP contribution is -2.17. The van der Waals surface area contributed by atoms with Gasteiger partial charge in [-0.1, -0.05) is 32.0 Å². The zero-order valence-corrected chi connectivity index (χ0v) is 9.69. The first-order valence-corrected chi connectivity index (χ1v) is 5.44. The zero-order valence-electron chi connectivity index (χ0n) is 9.69. The molecule has 0 saturated heterocycles. The third-order valence-corrected chi connectivity index (χ3v) is 2.05. The molecule has 0 aliphatic carbocycles. The van der Waals surface area contributed by atoms with Crippen LogP contribution < -0.4 is 5.32 Å². The maximum absolute atomic E-state index is 11.5. The highest BCUT2D eigenvalue weighted by Crippen LogP contribution is 2.07. The maximum Gasteiger partial charge on any atom is 0.231 e. The Balaban J connectivity index is 2.39. The molecule has 1 aromatic rings. The summed E-state index contributed by atoms with van der Waals surface area (Å²) >= 11 is 0. The lowest BCUT2D eigenvalue weighted by Gasteiger charge is -2.05. The molecule has 3 heteroatoms. The van der Waals surface area contributed by atoms with Crippen LogP contribution >= 0.6 is 0 Å². The minimum Gasteiger partial charge on any atom is -0.326 e. The van der Waals surface area contributed by atoms with Gasteiger partial charge in [0.25, 0.3) is 0 Å². The van der Waals surface area contributed by atoms with Crippen molar-refractivity contribution in [3.63, 3.8) is 0 Å². The SMILES string of the molecule is CC(C)CC(=O)CC(=O)Nc1ccccc1. The summed E-state index contributed by atoms with van der Waals surface area (Å²) in [4.78, 5) is 22.9. The monoisotopic (exact) mass is 219 g/mol. The molecule has 0 aliphatic heterocycles. The van der Waals surface area contributed by atoms with Crippen LogP contribution in [-0.4, -0.2) is 11.7 Å². The molecule has 0 fully saturated rings. The van der Waals surface area contributed by atoms with Gasteiger partial charge in [-0.2, -0.15) is 0 Å². The Morgan fingerprint density at radius 1 is 1.19 bits per heavy atom. The highest BCUT2D eigenvalue weighted by Gasteiger charge is 2.10. The van der Waals surface area contributed by atoms with Gasteiger partial charge in [-0.05, 0) is 18.1 Å². The van der Waals surface area contributed by atoms with Gasteiger partial charge in [0.15, 0.2) is 0 Å². The smallest absolute Gasteiger partial charge is 0.231 e. The van der Waals surface area contributed by atoms with E-state index in [1.165, 1.54) is 0 Å². The van der Waals surface area contributed by atoms with Crippen LogP contribution in [0.15, 0.2) is 30.3 Å². The third-order valence-electron chi connectivity index (χ3n) is 2.05. The number of hydrogen-bond donors (Lipinski definition) is 1. The molecule has 0 aliphatic rings. The highest BCUT2D eigenvalue weighted by atomic mass is 16.2. The van der Waals surface area contributed by atoms with Crippen molar-refractivity contribution in [3.8, 4) is 0 Å². The summed E-state index contributed by atoms with van der Waals surface area (Å²) in [7, 11) is 0. The van der Waals surface area contributed by atoms with Crippen LogP contribution in [0.25, 0.3) is 0 Å². The third kappa shape index (κ3) is 4.73. The number of para-hydroxylation sites is 1. The average Bonchev–Trinajstić information content (AvgIpc) is 2.17. The summed E-state index contributed by atoms with van der Waals surface area (Å²) in [6, 6.07) is 9.15. The number of carbonyl (C=O) groups is 2. The van der Waals surface area contributed by atoms with Gasteiger partial charge in [0.05, 0.1) is 6.42 Å². The molecule has 0 atom stereocenters. The lowest BCUT2D eigenvalue weighted by molar-refractivity contribution is -0.125. The molecule has 86 valence electrons. The van der Waals surface area contributed by atoms with Crippen LogP contribution in [0.3, 0.4) is 0 Å². The fraction of sp³-hybridized carbons (Fsp3) is 0.385. The topological polar surface area (TPSA) is 46.2 Å². The molecular weight excluding hydrogens is 202 g/mol. The summed E-state index contributed by atoms with van der Waals surface area (Å²) < 4.78 is 0. The van der Waals surface area contributed by atoms with Crippen molar-refractivity contribution in [2.45, 2.75) is 26.7 Å². The van der Waals surface area contributed by atoms with Crippen LogP contribution in [0.1, 0.15) is 26.7 Å². The van der Waals surface area contributed by atoms with Crippen molar-refractivity contribution >= 4 is 17.4 Å². The van der Waals surface area contributed by atoms with E-state index in [0.717, 1.165) is 5.69 Å². The second kappa shape index (κ2) is 6.05. The number of carbonyl (C=O) groups excluding carboxylic acids is 2. The fourth-order valence-electron chi connectivity index (χ4n) is 1.43. The van der Waals surface area contributed by atoms with Crippen molar-refractivity contribution in [1.82, 2.24) is 0 Å². The predicted octanol–water partition coefficient (Wildman–Crippen LogP) is 2.63. The molecular formula is C13H17NO2. The second-order valence-electron chi connectivity index (χ2n) is 4.23. The molecule has 0 radical (unpaired) electrons. The first kappa shape index (κ1) is 12.4. The highest BCUT2D eigenvalue weighted by molar-refractivity contribution is 6.04. The van der Waals surface area contributed by atoms with Gasteiger partial charge < -0.3 is 5.32 Å². The number of benzene rings is 1. The Kier molecular flexibility index (Phi) is 4.70. The summed E-state index contributed by atoms with van der Waals surface area (Å²) in [5, 5.41) is 2.69. The molecule has 1 rings (SSSR count). The summed E-state index contributed by atoms with van der Waals surface area (Å²) in [5.41, 5.74) is 0.727. The summed E-state index contributed by atoms with van der Waals surface area (Å²) in [6.45, 7) is 3.93. The lowest BCUT2D eigenvalue weighted by atomic mass is 10.1. The van der Waals surface area contributed by atoms with Crippen LogP contribution in [0.5, 0.6) is 0 Å². The first-order valence-electron chi connectivity index (χ1n) is 5.44. The molecule has 0 heterocycles. The van der Waals surface area contributed by atoms with E-state index in [1.807, 2.05) is 32.0 Å². The number of anilines is 1. The summed E-state index contributed by atoms with van der Waals surface area (Å²) in [6.07, 6.45) is 0.426. The van der Waals surface area contributed by atoms with Crippen LogP contribution in [0.4, 0.5) is 5.69 Å². The van der Waals surface area contributed by atoms with E-state index in [2.05, 4.69) is 5.32 Å². The number of ketones is 1. The van der Waals surface area contributed by atoms with Gasteiger partial charge in [-0.15, -0.1) is 0 Å². The van der Waals surface area contributed by atoms with Gasteiger partial charge >= 0.3 is 0 Å². The molecule has 1 amide bonds. The van der Waals surface area contributed by atoms with E-state index in [9.17, 15) is 9.59 Å². The molecule has 0 spiro atoms. The fourth-order valence-corrected chi connectivity index (χ4v) is 1.43. The van der Waals surface area contributed by atoms with E-state index in [1.54, 1.807) is 12.1 Å². The van der Waals surface area contributed by atoms with Gasteiger partial charge in [-0.25, -0.2) is 0 Å². The van der Waals surface area contributed by atoms with Crippen molar-refractivity contribution < 1.29 is 9.59 Å². The Labute approximate surface area is 95.9 Å². The number of hydrogen-bond acceptors (Lipinski definition) is 2. The van der Waals surface area contributed by atoms with E-state index in [0.29, 0.717) is 12.3 Å². The van der Waals surface area contributed by atoms with Gasteiger partial charge in [-0.3, -0.25) is 9.59 Å². The molecule has 16 heavy (non-hydrogen) atoms. The molecule has 3 nitrogen and oxygen atoms in total. The van der Waals surface area contributed by atoms with Crippen molar-refractivity contribution in [3.05, 3.63) is 30.3 Å². The quantitative estimate of drug-likeness (QED) is 0.774. The minimum atomic E-state index is -0.239. The van der Waals surface area contributed by atoms with Gasteiger partial charge in [0.1, 0.15) is 5.78 Å². The number of nitrogens with one attached hydrogen (secondary N) is 1. The number of rotatable bonds is 5. The van der Waals surface area contributed by atoms with Crippen LogP contribution in [0, 0.1) is 5.92 Å². The predicted molar refractivity (Wildman–Crippen MR) is 64.2 cm³/mol. The van der Waals surface area contributed by atoms with Gasteiger partial charge in [0, 0.05) is 12.1 Å². The number of Topliss-reactive ketones (excluding diaryl/α,β-unsaturated/α-hetero) is 1. The molecule has 0 unspecified atom stereocenters. The van der Waals surface area contributed by atoms with E-state index >= 15 is 0 Å². The summed E-state index contributed by atoms with van der Waals surface area (Å²) in [5.74, 6) is 0.0531. The Bertz CT molecular complexity index is 357. The molecule has 0 bridgehead atoms. The molecule has 0 aromatic heterocycles. The van der Waals surface area contributed by atoms with Crippen molar-refractivity contribution in [1.29, 1.82) is 0 Å². The maximum atomic E-state index is 11.5. The zero-order chi connectivity index (χ0) is 12.0. The van der Waals surface area contributed by atoms with Crippen molar-refractivity contribution in [2.24, 2.45) is 5.92 Å². The van der Waals surface area contributed by atoms with Crippen molar-refractivity contribution in [2.75, 3.05) is 5.32 Å². The van der Waals surface area contributed by atoms with Crippen LogP contribution in [0.2, 0.25) is 0 Å². The molecule has 1 N–H and O–H groups in total. The van der Waals surface area contributed by atoms with E-state index in [-0.39, 0.29) is 18.1 Å². The van der Waals surface area contributed by atoms with E-state index < -0.39 is 0 Å². The Morgan fingerprint density at radius 3 is 2.38 bits per heavy atom. The number of amides is 1. The Hall–Kier alpha value is -1.64. The van der Waals surface area contributed by atoms with Crippen LogP contribution in [-0.2, 0) is 9.59 Å². The molecule has 0 saturated carbocycles. The van der Waals surface area contributed by atoms with Gasteiger partial charge in [0.2, 0.25) is 5.91 Å². The molecule has 1 aromatic carbocycles. The minimum absolute atomic E-state index is 0.0107. The Morgan fingerprint density at radius 2 is 1.81 bits per heavy atom. The first-order chi connectivity index (χ1) is 7.58. The average molecular weight is 219 g/mol. The largest absolute Gasteiger partial charge is 0.326 e. The van der Waals surface area contributed by atoms with E-state index in [4.69, 9.17) is 0 Å².